The molecule has 216 valence electrons. The van der Waals surface area contributed by atoms with E-state index in [0.29, 0.717) is 35.5 Å². The van der Waals surface area contributed by atoms with Crippen molar-refractivity contribution in [1.82, 2.24) is 15.2 Å². The zero-order chi connectivity index (χ0) is 29.5. The molecule has 0 saturated carbocycles. The van der Waals surface area contributed by atoms with Gasteiger partial charge >= 0.3 is 6.09 Å². The predicted molar refractivity (Wildman–Crippen MR) is 168 cm³/mol. The van der Waals surface area contributed by atoms with Crippen molar-refractivity contribution in [2.75, 3.05) is 19.7 Å². The lowest BCUT2D eigenvalue weighted by atomic mass is 9.92. The topological polar surface area (TPSA) is 66.6 Å². The number of ether oxygens (including phenoxy) is 2. The standard InChI is InChI=1S/C33H37Cl2N3O3/c1-6-25(34)10-7-23(5)41-33(39)38-17-15-28-29-19-26(35)11-14-30(29)37-31(28)32(38)24-8-12-27(13-9-24)40-18-16-22(4)20-36-21(2)3/h6-14,19,22,32,36-37H,2,5,15-18,20H2,1,3-4H3/b10-7-,25-6+. The summed E-state index contributed by atoms with van der Waals surface area (Å²) >= 11 is 12.4. The molecule has 2 unspecified atom stereocenters. The summed E-state index contributed by atoms with van der Waals surface area (Å²) in [6.45, 7) is 15.7. The van der Waals surface area contributed by atoms with Gasteiger partial charge < -0.3 is 19.8 Å². The number of hydrogen-bond acceptors (Lipinski definition) is 4. The molecule has 0 radical (unpaired) electrons. The monoisotopic (exact) mass is 593 g/mol. The van der Waals surface area contributed by atoms with Crippen LogP contribution in [0.4, 0.5) is 4.79 Å². The number of rotatable bonds is 11. The molecular weight excluding hydrogens is 557 g/mol. The van der Waals surface area contributed by atoms with Crippen molar-refractivity contribution in [2.45, 2.75) is 39.7 Å². The quantitative estimate of drug-likeness (QED) is 0.172. The Morgan fingerprint density at radius 2 is 1.98 bits per heavy atom. The number of halogens is 2. The predicted octanol–water partition coefficient (Wildman–Crippen LogP) is 8.65. The van der Waals surface area contributed by atoms with Gasteiger partial charge in [-0.3, -0.25) is 4.90 Å². The average molecular weight is 595 g/mol. The van der Waals surface area contributed by atoms with Gasteiger partial charge in [0.1, 0.15) is 17.6 Å². The maximum atomic E-state index is 13.4. The van der Waals surface area contributed by atoms with Crippen molar-refractivity contribution >= 4 is 40.2 Å². The van der Waals surface area contributed by atoms with Crippen molar-refractivity contribution in [3.05, 3.63) is 112 Å². The van der Waals surface area contributed by atoms with Crippen molar-refractivity contribution in [1.29, 1.82) is 0 Å². The minimum atomic E-state index is -0.485. The minimum absolute atomic E-state index is 0.208. The number of fused-ring (bicyclic) bond motifs is 3. The number of H-pyrrole nitrogens is 1. The Morgan fingerprint density at radius 1 is 1.22 bits per heavy atom. The van der Waals surface area contributed by atoms with Crippen LogP contribution in [0.5, 0.6) is 5.75 Å². The Balaban J connectivity index is 1.56. The van der Waals surface area contributed by atoms with E-state index in [9.17, 15) is 4.79 Å². The molecule has 0 spiro atoms. The van der Waals surface area contributed by atoms with E-state index in [0.717, 1.165) is 52.1 Å². The average Bonchev–Trinajstić information content (AvgIpc) is 3.32. The highest BCUT2D eigenvalue weighted by molar-refractivity contribution is 6.31. The van der Waals surface area contributed by atoms with Crippen LogP contribution in [-0.4, -0.2) is 35.7 Å². The molecule has 1 amide bonds. The molecule has 41 heavy (non-hydrogen) atoms. The molecule has 0 aliphatic carbocycles. The molecule has 2 N–H and O–H groups in total. The second-order valence-corrected chi connectivity index (χ2v) is 11.2. The van der Waals surface area contributed by atoms with Crippen molar-refractivity contribution in [3.63, 3.8) is 0 Å². The maximum absolute atomic E-state index is 13.4. The van der Waals surface area contributed by atoms with Gasteiger partial charge in [-0.2, -0.15) is 0 Å². The summed E-state index contributed by atoms with van der Waals surface area (Å²) in [6.07, 6.45) is 6.06. The van der Waals surface area contributed by atoms with Crippen LogP contribution in [0.3, 0.4) is 0 Å². The van der Waals surface area contributed by atoms with E-state index in [2.05, 4.69) is 30.4 Å². The molecular formula is C33H37Cl2N3O3. The van der Waals surface area contributed by atoms with Crippen molar-refractivity contribution in [3.8, 4) is 5.75 Å². The van der Waals surface area contributed by atoms with Gasteiger partial charge in [0.15, 0.2) is 0 Å². The van der Waals surface area contributed by atoms with Gasteiger partial charge in [-0.05, 0) is 86.2 Å². The lowest BCUT2D eigenvalue weighted by Gasteiger charge is -2.35. The SMILES string of the molecule is C=C(C)NCC(C)CCOc1ccc(C2c3[nH]c4ccc(Cl)cc4c3CCN2C(=O)OC(=C)/C=C\C(Cl)=C/C)cc1. The van der Waals surface area contributed by atoms with E-state index < -0.39 is 12.1 Å². The van der Waals surface area contributed by atoms with Crippen LogP contribution in [0.1, 0.15) is 50.1 Å². The summed E-state index contributed by atoms with van der Waals surface area (Å²) in [6, 6.07) is 13.3. The van der Waals surface area contributed by atoms with Crippen molar-refractivity contribution < 1.29 is 14.3 Å². The summed E-state index contributed by atoms with van der Waals surface area (Å²) in [5.41, 5.74) is 4.96. The van der Waals surface area contributed by atoms with Gasteiger partial charge in [0.2, 0.25) is 0 Å². The molecule has 0 bridgehead atoms. The zero-order valence-electron chi connectivity index (χ0n) is 23.8. The summed E-state index contributed by atoms with van der Waals surface area (Å²) in [5, 5.41) is 5.54. The molecule has 6 nitrogen and oxygen atoms in total. The van der Waals surface area contributed by atoms with Gasteiger partial charge in [-0.15, -0.1) is 0 Å². The van der Waals surface area contributed by atoms with Gasteiger partial charge in [0.25, 0.3) is 0 Å². The number of benzene rings is 2. The number of nitrogens with zero attached hydrogens (tertiary/aromatic N) is 1. The van der Waals surface area contributed by atoms with E-state index in [1.165, 1.54) is 0 Å². The highest BCUT2D eigenvalue weighted by Crippen LogP contribution is 2.40. The summed E-state index contributed by atoms with van der Waals surface area (Å²) < 4.78 is 11.7. The number of allylic oxidation sites excluding steroid dienone is 5. The molecule has 1 aromatic heterocycles. The maximum Gasteiger partial charge on any atom is 0.416 e. The van der Waals surface area contributed by atoms with E-state index in [1.54, 1.807) is 23.1 Å². The zero-order valence-corrected chi connectivity index (χ0v) is 25.3. The molecule has 1 aliphatic heterocycles. The number of hydrogen-bond donors (Lipinski definition) is 2. The molecule has 0 fully saturated rings. The Kier molecular flexibility index (Phi) is 10.2. The highest BCUT2D eigenvalue weighted by Gasteiger charge is 2.35. The molecule has 2 heterocycles. The molecule has 8 heteroatoms. The normalized spacial score (nSPS) is 16.0. The van der Waals surface area contributed by atoms with E-state index in [4.69, 9.17) is 32.7 Å². The van der Waals surface area contributed by atoms with Crippen LogP contribution in [0.15, 0.2) is 90.3 Å². The van der Waals surface area contributed by atoms with Gasteiger partial charge in [0, 0.05) is 45.4 Å². The Morgan fingerprint density at radius 3 is 2.68 bits per heavy atom. The third-order valence-electron chi connectivity index (χ3n) is 7.07. The van der Waals surface area contributed by atoms with Crippen LogP contribution >= 0.6 is 23.2 Å². The fraction of sp³-hybridized carbons (Fsp3) is 0.303. The van der Waals surface area contributed by atoms with Crippen LogP contribution in [0, 0.1) is 5.92 Å². The highest BCUT2D eigenvalue weighted by atomic mass is 35.5. The number of carbonyl (C=O) groups is 1. The fourth-order valence-electron chi connectivity index (χ4n) is 4.85. The second kappa shape index (κ2) is 13.8. The van der Waals surface area contributed by atoms with Crippen LogP contribution in [-0.2, 0) is 11.2 Å². The first kappa shape index (κ1) is 30.4. The number of nitrogens with one attached hydrogen (secondary N) is 2. The van der Waals surface area contributed by atoms with Gasteiger partial charge in [0.05, 0.1) is 6.61 Å². The second-order valence-electron chi connectivity index (χ2n) is 10.4. The smallest absolute Gasteiger partial charge is 0.416 e. The lowest BCUT2D eigenvalue weighted by molar-refractivity contribution is 0.116. The number of carbonyl (C=O) groups excluding carboxylic acids is 1. The van der Waals surface area contributed by atoms with Crippen molar-refractivity contribution in [2.24, 2.45) is 5.92 Å². The van der Waals surface area contributed by atoms with E-state index in [1.807, 2.05) is 56.3 Å². The van der Waals surface area contributed by atoms with Gasteiger partial charge in [-0.1, -0.05) is 61.5 Å². The number of aromatic nitrogens is 1. The Hall–Kier alpha value is -3.61. The van der Waals surface area contributed by atoms with Gasteiger partial charge in [-0.25, -0.2) is 4.79 Å². The first-order chi connectivity index (χ1) is 19.7. The molecule has 2 atom stereocenters. The number of amides is 1. The first-order valence-corrected chi connectivity index (χ1v) is 14.5. The summed E-state index contributed by atoms with van der Waals surface area (Å²) in [5.74, 6) is 1.45. The fourth-order valence-corrected chi connectivity index (χ4v) is 5.09. The molecule has 0 saturated heterocycles. The third-order valence-corrected chi connectivity index (χ3v) is 7.65. The Labute approximate surface area is 252 Å². The van der Waals surface area contributed by atoms with E-state index >= 15 is 0 Å². The largest absolute Gasteiger partial charge is 0.494 e. The lowest BCUT2D eigenvalue weighted by Crippen LogP contribution is -2.40. The van der Waals surface area contributed by atoms with E-state index in [-0.39, 0.29) is 5.76 Å². The van der Waals surface area contributed by atoms with Crippen LogP contribution in [0.2, 0.25) is 5.02 Å². The molecule has 3 aromatic rings. The third kappa shape index (κ3) is 7.78. The molecule has 4 rings (SSSR count). The first-order valence-electron chi connectivity index (χ1n) is 13.8. The summed E-state index contributed by atoms with van der Waals surface area (Å²) in [4.78, 5) is 18.7. The number of aromatic amines is 1. The Bertz CT molecular complexity index is 1470. The summed E-state index contributed by atoms with van der Waals surface area (Å²) in [7, 11) is 0. The van der Waals surface area contributed by atoms with Crippen LogP contribution < -0.4 is 10.1 Å². The minimum Gasteiger partial charge on any atom is -0.494 e. The van der Waals surface area contributed by atoms with Crippen LogP contribution in [0.25, 0.3) is 10.9 Å². The molecule has 2 aromatic carbocycles. The molecule has 1 aliphatic rings.